The molecule has 3 aliphatic rings. The zero-order chi connectivity index (χ0) is 14.0. The summed E-state index contributed by atoms with van der Waals surface area (Å²) in [6.07, 6.45) is 5.15. The first-order valence-corrected chi connectivity index (χ1v) is 6.94. The molecular formula is C14H23N3O2. The van der Waals surface area contributed by atoms with Crippen LogP contribution in [0.25, 0.3) is 0 Å². The van der Waals surface area contributed by atoms with Crippen LogP contribution in [0.1, 0.15) is 19.8 Å². The number of amides is 2. The van der Waals surface area contributed by atoms with E-state index < -0.39 is 0 Å². The number of piperazine rings is 1. The molecule has 5 nitrogen and oxygen atoms in total. The molecule has 0 aromatic rings. The molecule has 3 saturated heterocycles. The van der Waals surface area contributed by atoms with E-state index in [0.717, 1.165) is 13.0 Å². The van der Waals surface area contributed by atoms with Crippen LogP contribution in [-0.2, 0) is 9.59 Å². The fourth-order valence-corrected chi connectivity index (χ4v) is 2.85. The van der Waals surface area contributed by atoms with Crippen LogP contribution in [0.2, 0.25) is 0 Å². The Balaban J connectivity index is 1.87. The van der Waals surface area contributed by atoms with Crippen molar-refractivity contribution in [2.24, 2.45) is 0 Å². The van der Waals surface area contributed by atoms with Gasteiger partial charge in [0.1, 0.15) is 0 Å². The van der Waals surface area contributed by atoms with E-state index in [1.54, 1.807) is 6.08 Å². The normalized spacial score (nSPS) is 25.9. The predicted octanol–water partition coefficient (Wildman–Crippen LogP) is 0.326. The number of rotatable bonds is 4. The number of piperidine rings is 1. The van der Waals surface area contributed by atoms with Crippen molar-refractivity contribution < 1.29 is 9.59 Å². The highest BCUT2D eigenvalue weighted by atomic mass is 16.2. The van der Waals surface area contributed by atoms with E-state index in [2.05, 4.69) is 0 Å². The van der Waals surface area contributed by atoms with Gasteiger partial charge in [-0.1, -0.05) is 13.0 Å². The summed E-state index contributed by atoms with van der Waals surface area (Å²) in [5.41, 5.74) is 0. The van der Waals surface area contributed by atoms with E-state index >= 15 is 0 Å². The number of hydrogen-bond donors (Lipinski definition) is 0. The van der Waals surface area contributed by atoms with Crippen molar-refractivity contribution in [3.63, 3.8) is 0 Å². The summed E-state index contributed by atoms with van der Waals surface area (Å²) in [7, 11) is 3.95. The van der Waals surface area contributed by atoms with E-state index in [1.165, 1.54) is 0 Å². The van der Waals surface area contributed by atoms with Gasteiger partial charge < -0.3 is 14.7 Å². The molecule has 2 atom stereocenters. The van der Waals surface area contributed by atoms with E-state index in [1.807, 2.05) is 41.8 Å². The molecule has 2 bridgehead atoms. The first kappa shape index (κ1) is 14.1. The average Bonchev–Trinajstić information content (AvgIpc) is 2.37. The molecule has 3 fully saturated rings. The average molecular weight is 265 g/mol. The maximum atomic E-state index is 12.1. The Morgan fingerprint density at radius 3 is 2.42 bits per heavy atom. The molecule has 0 aromatic heterocycles. The van der Waals surface area contributed by atoms with Crippen LogP contribution in [0.5, 0.6) is 0 Å². The predicted molar refractivity (Wildman–Crippen MR) is 73.6 cm³/mol. The molecule has 106 valence electrons. The first-order valence-electron chi connectivity index (χ1n) is 6.94. The van der Waals surface area contributed by atoms with Gasteiger partial charge in [-0.3, -0.25) is 9.59 Å². The zero-order valence-electron chi connectivity index (χ0n) is 12.0. The number of carbonyl (C=O) groups excluding carboxylic acids is 2. The van der Waals surface area contributed by atoms with Crippen LogP contribution in [0.4, 0.5) is 0 Å². The van der Waals surface area contributed by atoms with Crippen LogP contribution in [0.3, 0.4) is 0 Å². The molecule has 0 saturated carbocycles. The second-order valence-corrected chi connectivity index (χ2v) is 5.61. The molecule has 0 spiro atoms. The van der Waals surface area contributed by atoms with E-state index in [4.69, 9.17) is 0 Å². The third kappa shape index (κ3) is 2.97. The maximum absolute atomic E-state index is 12.1. The summed E-state index contributed by atoms with van der Waals surface area (Å²) in [6.45, 7) is 4.07. The summed E-state index contributed by atoms with van der Waals surface area (Å²) in [5.74, 6) is 0.289. The minimum absolute atomic E-state index is 0.0895. The molecule has 0 N–H and O–H groups in total. The van der Waals surface area contributed by atoms with Gasteiger partial charge in [-0.25, -0.2) is 0 Å². The van der Waals surface area contributed by atoms with Crippen molar-refractivity contribution in [2.75, 3.05) is 33.7 Å². The Bertz CT molecular complexity index is 380. The van der Waals surface area contributed by atoms with Crippen LogP contribution >= 0.6 is 0 Å². The molecule has 0 radical (unpaired) electrons. The van der Waals surface area contributed by atoms with E-state index in [9.17, 15) is 9.59 Å². The molecule has 5 heteroatoms. The minimum atomic E-state index is 0.0895. The Morgan fingerprint density at radius 1 is 1.26 bits per heavy atom. The summed E-state index contributed by atoms with van der Waals surface area (Å²) >= 11 is 0. The number of hydrogen-bond acceptors (Lipinski definition) is 3. The van der Waals surface area contributed by atoms with Gasteiger partial charge in [0.2, 0.25) is 11.8 Å². The molecule has 3 aliphatic heterocycles. The van der Waals surface area contributed by atoms with Gasteiger partial charge in [-0.05, 0) is 20.5 Å². The monoisotopic (exact) mass is 265 g/mol. The van der Waals surface area contributed by atoms with E-state index in [-0.39, 0.29) is 23.9 Å². The highest BCUT2D eigenvalue weighted by molar-refractivity contribution is 5.89. The lowest BCUT2D eigenvalue weighted by atomic mass is 9.87. The SMILES string of the molecule is CCC(=O)N1CC2CC(C1)N2C(=O)/C=C/CN(C)C. The second-order valence-electron chi connectivity index (χ2n) is 5.61. The summed E-state index contributed by atoms with van der Waals surface area (Å²) in [5, 5.41) is 0. The van der Waals surface area contributed by atoms with Gasteiger partial charge in [0.25, 0.3) is 0 Å². The van der Waals surface area contributed by atoms with Gasteiger partial charge in [-0.15, -0.1) is 0 Å². The molecular weight excluding hydrogens is 242 g/mol. The van der Waals surface area contributed by atoms with Gasteiger partial charge in [0, 0.05) is 32.1 Å². The van der Waals surface area contributed by atoms with Gasteiger partial charge in [-0.2, -0.15) is 0 Å². The first-order chi connectivity index (χ1) is 9.02. The molecule has 3 heterocycles. The van der Waals surface area contributed by atoms with Crippen LogP contribution in [0.15, 0.2) is 12.2 Å². The van der Waals surface area contributed by atoms with Gasteiger partial charge in [0.05, 0.1) is 12.1 Å². The number of likely N-dealkylation sites (N-methyl/N-ethyl adjacent to an activating group) is 1. The Kier molecular flexibility index (Phi) is 4.24. The number of nitrogens with zero attached hydrogens (tertiary/aromatic N) is 3. The molecule has 2 unspecified atom stereocenters. The van der Waals surface area contributed by atoms with Crippen molar-refractivity contribution in [3.05, 3.63) is 12.2 Å². The van der Waals surface area contributed by atoms with Gasteiger partial charge >= 0.3 is 0 Å². The van der Waals surface area contributed by atoms with Crippen LogP contribution in [0, 0.1) is 0 Å². The van der Waals surface area contributed by atoms with Crippen molar-refractivity contribution in [1.82, 2.24) is 14.7 Å². The lowest BCUT2D eigenvalue weighted by Gasteiger charge is -2.56. The standard InChI is InChI=1S/C14H23N3O2/c1-4-13(18)16-9-11-8-12(10-16)17(11)14(19)6-5-7-15(2)3/h5-6,11-12H,4,7-10H2,1-3H3/b6-5+. The number of carbonyl (C=O) groups is 2. The lowest BCUT2D eigenvalue weighted by Crippen LogP contribution is -2.70. The quantitative estimate of drug-likeness (QED) is 0.688. The third-order valence-electron chi connectivity index (χ3n) is 3.83. The third-order valence-corrected chi connectivity index (χ3v) is 3.83. The molecule has 0 aliphatic carbocycles. The number of fused-ring (bicyclic) bond motifs is 2. The van der Waals surface area contributed by atoms with Crippen molar-refractivity contribution in [1.29, 1.82) is 0 Å². The molecule has 3 rings (SSSR count). The van der Waals surface area contributed by atoms with Crippen molar-refractivity contribution in [3.8, 4) is 0 Å². The lowest BCUT2D eigenvalue weighted by molar-refractivity contribution is -0.156. The van der Waals surface area contributed by atoms with Gasteiger partial charge in [0.15, 0.2) is 0 Å². The largest absolute Gasteiger partial charge is 0.339 e. The summed E-state index contributed by atoms with van der Waals surface area (Å²) < 4.78 is 0. The topological polar surface area (TPSA) is 43.9 Å². The fraction of sp³-hybridized carbons (Fsp3) is 0.714. The highest BCUT2D eigenvalue weighted by Gasteiger charge is 2.47. The second kappa shape index (κ2) is 5.74. The fourth-order valence-electron chi connectivity index (χ4n) is 2.85. The Labute approximate surface area is 114 Å². The molecule has 2 amide bonds. The Hall–Kier alpha value is -1.36. The van der Waals surface area contributed by atoms with Crippen molar-refractivity contribution >= 4 is 11.8 Å². The smallest absolute Gasteiger partial charge is 0.246 e. The Morgan fingerprint density at radius 2 is 1.89 bits per heavy atom. The summed E-state index contributed by atoms with van der Waals surface area (Å²) in [4.78, 5) is 29.6. The zero-order valence-corrected chi connectivity index (χ0v) is 12.0. The van der Waals surface area contributed by atoms with Crippen LogP contribution < -0.4 is 0 Å². The summed E-state index contributed by atoms with van der Waals surface area (Å²) in [6, 6.07) is 0.455. The minimum Gasteiger partial charge on any atom is -0.339 e. The molecule has 19 heavy (non-hydrogen) atoms. The van der Waals surface area contributed by atoms with E-state index in [0.29, 0.717) is 19.5 Å². The molecule has 0 aromatic carbocycles. The highest BCUT2D eigenvalue weighted by Crippen LogP contribution is 2.32. The van der Waals surface area contributed by atoms with Crippen molar-refractivity contribution in [2.45, 2.75) is 31.8 Å². The van der Waals surface area contributed by atoms with Crippen LogP contribution in [-0.4, -0.2) is 72.3 Å². The maximum Gasteiger partial charge on any atom is 0.246 e.